The van der Waals surface area contributed by atoms with E-state index in [1.165, 1.54) is 6.42 Å². The van der Waals surface area contributed by atoms with E-state index in [-0.39, 0.29) is 24.2 Å². The molecular weight excluding hydrogens is 242 g/mol. The maximum absolute atomic E-state index is 11.8. The van der Waals surface area contributed by atoms with E-state index in [0.29, 0.717) is 12.3 Å². The van der Waals surface area contributed by atoms with Crippen molar-refractivity contribution in [1.82, 2.24) is 0 Å². The first-order valence-electron chi connectivity index (χ1n) is 7.32. The van der Waals surface area contributed by atoms with Crippen LogP contribution in [0.3, 0.4) is 0 Å². The number of aliphatic hydroxyl groups excluding tert-OH is 1. The third kappa shape index (κ3) is 5.66. The molecule has 0 amide bonds. The lowest BCUT2D eigenvalue weighted by Crippen LogP contribution is -2.31. The number of hydrogen-bond acceptors (Lipinski definition) is 4. The summed E-state index contributed by atoms with van der Waals surface area (Å²) in [6.45, 7) is 3.90. The van der Waals surface area contributed by atoms with Crippen molar-refractivity contribution in [2.24, 2.45) is 16.8 Å². The van der Waals surface area contributed by atoms with E-state index in [9.17, 15) is 14.7 Å². The van der Waals surface area contributed by atoms with Crippen LogP contribution in [0.15, 0.2) is 4.99 Å². The molecule has 0 saturated heterocycles. The Hall–Kier alpha value is -0.990. The minimum Gasteiger partial charge on any atom is -0.385 e. The third-order valence-electron chi connectivity index (χ3n) is 3.86. The second-order valence-electron chi connectivity index (χ2n) is 6.00. The van der Waals surface area contributed by atoms with Gasteiger partial charge in [-0.15, -0.1) is 0 Å². The summed E-state index contributed by atoms with van der Waals surface area (Å²) in [4.78, 5) is 26.1. The Labute approximate surface area is 115 Å². The molecule has 1 N–H and O–H groups in total. The molecule has 1 unspecified atom stereocenters. The van der Waals surface area contributed by atoms with Crippen LogP contribution in [-0.2, 0) is 9.59 Å². The Bertz CT molecular complexity index is 328. The van der Waals surface area contributed by atoms with Crippen LogP contribution in [0.25, 0.3) is 0 Å². The molecule has 0 heterocycles. The summed E-state index contributed by atoms with van der Waals surface area (Å²) in [6, 6.07) is -0.246. The van der Waals surface area contributed by atoms with Gasteiger partial charge in [0.25, 0.3) is 0 Å². The molecule has 2 atom stereocenters. The molecule has 1 fully saturated rings. The van der Waals surface area contributed by atoms with Gasteiger partial charge >= 0.3 is 0 Å². The summed E-state index contributed by atoms with van der Waals surface area (Å²) in [6.07, 6.45) is 6.83. The van der Waals surface area contributed by atoms with Gasteiger partial charge in [0, 0.05) is 12.8 Å². The molecule has 0 aliphatic heterocycles. The van der Waals surface area contributed by atoms with Crippen molar-refractivity contribution in [1.29, 1.82) is 0 Å². The first-order valence-corrected chi connectivity index (χ1v) is 7.32. The van der Waals surface area contributed by atoms with Crippen molar-refractivity contribution < 1.29 is 14.7 Å². The lowest BCUT2D eigenvalue weighted by Gasteiger charge is -2.27. The van der Waals surface area contributed by atoms with Gasteiger partial charge in [-0.05, 0) is 24.7 Å². The fraction of sp³-hybridized carbons (Fsp3) is 0.867. The minimum atomic E-state index is -0.994. The van der Waals surface area contributed by atoms with E-state index in [0.717, 1.165) is 25.7 Å². The SMILES string of the molecule is CC(C)CC(=O)[C@H](O)CC(N=C=O)C1CCCCC1. The van der Waals surface area contributed by atoms with Gasteiger partial charge in [0.15, 0.2) is 5.78 Å². The summed E-state index contributed by atoms with van der Waals surface area (Å²) in [5.74, 6) is 0.415. The van der Waals surface area contributed by atoms with Gasteiger partial charge in [0.05, 0.1) is 6.04 Å². The highest BCUT2D eigenvalue weighted by Crippen LogP contribution is 2.30. The van der Waals surface area contributed by atoms with Gasteiger partial charge in [-0.2, -0.15) is 0 Å². The lowest BCUT2D eigenvalue weighted by atomic mass is 9.81. The first kappa shape index (κ1) is 16.1. The standard InChI is InChI=1S/C15H25NO3/c1-11(2)8-14(18)15(19)9-13(16-10-17)12-6-4-3-5-7-12/h11-13,15,19H,3-9H2,1-2H3/t13?,15-/m1/s1. The fourth-order valence-corrected chi connectivity index (χ4v) is 2.84. The lowest BCUT2D eigenvalue weighted by molar-refractivity contribution is -0.128. The van der Waals surface area contributed by atoms with Crippen molar-refractivity contribution in [2.75, 3.05) is 0 Å². The molecule has 4 heteroatoms. The molecule has 0 aromatic heterocycles. The van der Waals surface area contributed by atoms with Crippen LogP contribution in [-0.4, -0.2) is 29.1 Å². The zero-order valence-corrected chi connectivity index (χ0v) is 12.0. The molecule has 0 aromatic rings. The van der Waals surface area contributed by atoms with E-state index in [1.54, 1.807) is 6.08 Å². The van der Waals surface area contributed by atoms with Gasteiger partial charge < -0.3 is 5.11 Å². The zero-order chi connectivity index (χ0) is 14.3. The van der Waals surface area contributed by atoms with Gasteiger partial charge in [-0.3, -0.25) is 4.79 Å². The van der Waals surface area contributed by atoms with Crippen molar-refractivity contribution in [3.8, 4) is 0 Å². The van der Waals surface area contributed by atoms with Gasteiger partial charge in [0.1, 0.15) is 6.10 Å². The summed E-state index contributed by atoms with van der Waals surface area (Å²) < 4.78 is 0. The van der Waals surface area contributed by atoms with Crippen LogP contribution in [0, 0.1) is 11.8 Å². The molecule has 1 saturated carbocycles. The number of carbonyl (C=O) groups is 1. The molecule has 0 aromatic carbocycles. The van der Waals surface area contributed by atoms with Gasteiger partial charge in [0.2, 0.25) is 6.08 Å². The van der Waals surface area contributed by atoms with Gasteiger partial charge in [-0.1, -0.05) is 33.1 Å². The normalized spacial score (nSPS) is 19.8. The first-order chi connectivity index (χ1) is 9.04. The highest BCUT2D eigenvalue weighted by atomic mass is 16.3. The average Bonchev–Trinajstić information content (AvgIpc) is 2.38. The maximum Gasteiger partial charge on any atom is 0.235 e. The van der Waals surface area contributed by atoms with Crippen LogP contribution in [0.2, 0.25) is 0 Å². The number of hydrogen-bond donors (Lipinski definition) is 1. The minimum absolute atomic E-state index is 0.142. The number of carbonyl (C=O) groups excluding carboxylic acids is 2. The maximum atomic E-state index is 11.8. The quantitative estimate of drug-likeness (QED) is 0.569. The molecular formula is C15H25NO3. The largest absolute Gasteiger partial charge is 0.385 e. The second kappa shape index (κ2) is 8.23. The number of aliphatic imine (C=N–C) groups is 1. The fourth-order valence-electron chi connectivity index (χ4n) is 2.84. The number of isocyanates is 1. The van der Waals surface area contributed by atoms with E-state index < -0.39 is 6.10 Å². The number of Topliss-reactive ketones (excluding diaryl/α,β-unsaturated/α-hetero) is 1. The molecule has 108 valence electrons. The molecule has 19 heavy (non-hydrogen) atoms. The van der Waals surface area contributed by atoms with Gasteiger partial charge in [-0.25, -0.2) is 9.79 Å². The van der Waals surface area contributed by atoms with Crippen LogP contribution in [0.1, 0.15) is 58.8 Å². The summed E-state index contributed by atoms with van der Waals surface area (Å²) in [7, 11) is 0. The summed E-state index contributed by atoms with van der Waals surface area (Å²) in [5, 5.41) is 9.95. The predicted molar refractivity (Wildman–Crippen MR) is 73.6 cm³/mol. The molecule has 0 radical (unpaired) electrons. The number of ketones is 1. The van der Waals surface area contributed by atoms with Crippen molar-refractivity contribution in [2.45, 2.75) is 70.9 Å². The van der Waals surface area contributed by atoms with E-state index >= 15 is 0 Å². The summed E-state index contributed by atoms with van der Waals surface area (Å²) in [5.41, 5.74) is 0. The molecule has 1 aliphatic rings. The topological polar surface area (TPSA) is 66.7 Å². The number of rotatable bonds is 7. The third-order valence-corrected chi connectivity index (χ3v) is 3.86. The zero-order valence-electron chi connectivity index (χ0n) is 12.0. The average molecular weight is 267 g/mol. The monoisotopic (exact) mass is 267 g/mol. The predicted octanol–water partition coefficient (Wildman–Crippen LogP) is 2.64. The van der Waals surface area contributed by atoms with Crippen LogP contribution < -0.4 is 0 Å². The Morgan fingerprint density at radius 1 is 1.32 bits per heavy atom. The highest BCUT2D eigenvalue weighted by molar-refractivity contribution is 5.83. The Morgan fingerprint density at radius 3 is 2.47 bits per heavy atom. The van der Waals surface area contributed by atoms with E-state index in [2.05, 4.69) is 4.99 Å². The Morgan fingerprint density at radius 2 is 1.95 bits per heavy atom. The van der Waals surface area contributed by atoms with E-state index in [4.69, 9.17) is 0 Å². The molecule has 1 rings (SSSR count). The van der Waals surface area contributed by atoms with E-state index in [1.807, 2.05) is 13.8 Å². The highest BCUT2D eigenvalue weighted by Gasteiger charge is 2.28. The van der Waals surface area contributed by atoms with Crippen molar-refractivity contribution in [3.63, 3.8) is 0 Å². The smallest absolute Gasteiger partial charge is 0.235 e. The molecule has 4 nitrogen and oxygen atoms in total. The van der Waals surface area contributed by atoms with Crippen LogP contribution >= 0.6 is 0 Å². The van der Waals surface area contributed by atoms with Crippen LogP contribution in [0.5, 0.6) is 0 Å². The molecule has 0 bridgehead atoms. The Balaban J connectivity index is 2.56. The van der Waals surface area contributed by atoms with Crippen LogP contribution in [0.4, 0.5) is 0 Å². The molecule has 1 aliphatic carbocycles. The summed E-state index contributed by atoms with van der Waals surface area (Å²) >= 11 is 0. The number of nitrogens with zero attached hydrogens (tertiary/aromatic N) is 1. The Kier molecular flexibility index (Phi) is 6.96. The second-order valence-corrected chi connectivity index (χ2v) is 6.00. The molecule has 0 spiro atoms. The van der Waals surface area contributed by atoms with Crippen molar-refractivity contribution >= 4 is 11.9 Å². The number of aliphatic hydroxyl groups is 1. The van der Waals surface area contributed by atoms with Crippen molar-refractivity contribution in [3.05, 3.63) is 0 Å².